The van der Waals surface area contributed by atoms with Crippen molar-refractivity contribution in [2.45, 2.75) is 47.0 Å². The minimum atomic E-state index is -0.319. The Bertz CT molecular complexity index is 253. The van der Waals surface area contributed by atoms with Gasteiger partial charge in [-0.1, -0.05) is 27.7 Å². The Labute approximate surface area is 106 Å². The van der Waals surface area contributed by atoms with E-state index in [2.05, 4.69) is 27.7 Å². The molecule has 2 unspecified atom stereocenters. The van der Waals surface area contributed by atoms with Gasteiger partial charge in [-0.05, 0) is 31.1 Å². The van der Waals surface area contributed by atoms with Crippen molar-refractivity contribution in [3.05, 3.63) is 0 Å². The van der Waals surface area contributed by atoms with E-state index in [1.807, 2.05) is 4.90 Å². The molecular weight excluding hydrogens is 212 g/mol. The molecule has 0 bridgehead atoms. The molecule has 0 aromatic heterocycles. The number of nitrogens with two attached hydrogens (primary N) is 1. The third-order valence-corrected chi connectivity index (χ3v) is 4.82. The zero-order valence-corrected chi connectivity index (χ0v) is 11.8. The summed E-state index contributed by atoms with van der Waals surface area (Å²) in [5.74, 6) is 1.62. The summed E-state index contributed by atoms with van der Waals surface area (Å²) >= 11 is 0. The van der Waals surface area contributed by atoms with Gasteiger partial charge in [0.2, 0.25) is 5.91 Å². The molecule has 17 heavy (non-hydrogen) atoms. The van der Waals surface area contributed by atoms with Gasteiger partial charge in [-0.25, -0.2) is 0 Å². The minimum Gasteiger partial charge on any atom is -0.342 e. The van der Waals surface area contributed by atoms with Crippen LogP contribution in [-0.4, -0.2) is 30.4 Å². The molecule has 0 aromatic rings. The van der Waals surface area contributed by atoms with Crippen molar-refractivity contribution in [1.29, 1.82) is 0 Å². The lowest BCUT2D eigenvalue weighted by atomic mass is 9.79. The predicted octanol–water partition coefficient (Wildman–Crippen LogP) is 2.26. The van der Waals surface area contributed by atoms with Gasteiger partial charge in [0, 0.05) is 19.6 Å². The van der Waals surface area contributed by atoms with Crippen molar-refractivity contribution in [1.82, 2.24) is 4.90 Å². The smallest absolute Gasteiger partial charge is 0.230 e. The Kier molecular flexibility index (Phi) is 4.99. The van der Waals surface area contributed by atoms with Crippen molar-refractivity contribution in [2.24, 2.45) is 23.0 Å². The third-order valence-electron chi connectivity index (χ3n) is 4.82. The number of carbonyl (C=O) groups is 1. The van der Waals surface area contributed by atoms with Crippen LogP contribution in [0.15, 0.2) is 0 Å². The van der Waals surface area contributed by atoms with E-state index in [0.29, 0.717) is 12.5 Å². The Morgan fingerprint density at radius 1 is 1.29 bits per heavy atom. The van der Waals surface area contributed by atoms with Crippen molar-refractivity contribution in [3.8, 4) is 0 Å². The molecule has 1 saturated heterocycles. The first-order valence-electron chi connectivity index (χ1n) is 7.00. The van der Waals surface area contributed by atoms with Crippen molar-refractivity contribution in [2.75, 3.05) is 19.6 Å². The first kappa shape index (κ1) is 14.5. The van der Waals surface area contributed by atoms with Crippen LogP contribution in [0.4, 0.5) is 0 Å². The SMILES string of the molecule is CCC(CC)(CN)C(=O)N1CCC(C)C(C)C1. The van der Waals surface area contributed by atoms with E-state index in [0.717, 1.165) is 38.3 Å². The van der Waals surface area contributed by atoms with Crippen LogP contribution in [-0.2, 0) is 4.79 Å². The molecule has 1 heterocycles. The summed E-state index contributed by atoms with van der Waals surface area (Å²) in [6.45, 7) is 11.0. The lowest BCUT2D eigenvalue weighted by Gasteiger charge is -2.41. The Morgan fingerprint density at radius 3 is 2.29 bits per heavy atom. The zero-order chi connectivity index (χ0) is 13.1. The van der Waals surface area contributed by atoms with Gasteiger partial charge in [-0.2, -0.15) is 0 Å². The van der Waals surface area contributed by atoms with Gasteiger partial charge in [-0.3, -0.25) is 4.79 Å². The van der Waals surface area contributed by atoms with Gasteiger partial charge in [0.15, 0.2) is 0 Å². The Morgan fingerprint density at radius 2 is 1.88 bits per heavy atom. The Balaban J connectivity index is 2.75. The molecule has 1 aliphatic heterocycles. The highest BCUT2D eigenvalue weighted by Gasteiger charge is 2.38. The highest BCUT2D eigenvalue weighted by Crippen LogP contribution is 2.31. The van der Waals surface area contributed by atoms with E-state index in [1.165, 1.54) is 0 Å². The van der Waals surface area contributed by atoms with E-state index in [9.17, 15) is 4.79 Å². The molecule has 1 amide bonds. The van der Waals surface area contributed by atoms with Gasteiger partial charge in [0.05, 0.1) is 5.41 Å². The quantitative estimate of drug-likeness (QED) is 0.819. The molecule has 2 atom stereocenters. The van der Waals surface area contributed by atoms with Gasteiger partial charge >= 0.3 is 0 Å². The summed E-state index contributed by atoms with van der Waals surface area (Å²) in [6.07, 6.45) is 2.82. The molecule has 0 radical (unpaired) electrons. The second kappa shape index (κ2) is 5.85. The van der Waals surface area contributed by atoms with Crippen LogP contribution >= 0.6 is 0 Å². The van der Waals surface area contributed by atoms with E-state index in [1.54, 1.807) is 0 Å². The number of amides is 1. The van der Waals surface area contributed by atoms with Crippen LogP contribution in [0, 0.1) is 17.3 Å². The summed E-state index contributed by atoms with van der Waals surface area (Å²) in [6, 6.07) is 0. The maximum absolute atomic E-state index is 12.6. The van der Waals surface area contributed by atoms with E-state index < -0.39 is 0 Å². The van der Waals surface area contributed by atoms with Gasteiger partial charge < -0.3 is 10.6 Å². The lowest BCUT2D eigenvalue weighted by molar-refractivity contribution is -0.144. The number of nitrogens with zero attached hydrogens (tertiary/aromatic N) is 1. The highest BCUT2D eigenvalue weighted by molar-refractivity contribution is 5.83. The third kappa shape index (κ3) is 2.82. The fraction of sp³-hybridized carbons (Fsp3) is 0.929. The maximum atomic E-state index is 12.6. The van der Waals surface area contributed by atoms with Gasteiger partial charge in [0.1, 0.15) is 0 Å². The van der Waals surface area contributed by atoms with Crippen LogP contribution < -0.4 is 5.73 Å². The topological polar surface area (TPSA) is 46.3 Å². The fourth-order valence-electron chi connectivity index (χ4n) is 2.71. The van der Waals surface area contributed by atoms with Crippen LogP contribution in [0.2, 0.25) is 0 Å². The molecule has 2 N–H and O–H groups in total. The molecule has 3 nitrogen and oxygen atoms in total. The predicted molar refractivity (Wildman–Crippen MR) is 71.6 cm³/mol. The van der Waals surface area contributed by atoms with E-state index in [-0.39, 0.29) is 11.3 Å². The standard InChI is InChI=1S/C14H28N2O/c1-5-14(6-2,10-15)13(17)16-8-7-11(3)12(4)9-16/h11-12H,5-10,15H2,1-4H3. The van der Waals surface area contributed by atoms with Crippen molar-refractivity contribution in [3.63, 3.8) is 0 Å². The van der Waals surface area contributed by atoms with Gasteiger partial charge in [0.25, 0.3) is 0 Å². The average Bonchev–Trinajstić information content (AvgIpc) is 2.35. The molecule has 0 spiro atoms. The summed E-state index contributed by atoms with van der Waals surface area (Å²) < 4.78 is 0. The van der Waals surface area contributed by atoms with Crippen molar-refractivity contribution >= 4 is 5.91 Å². The summed E-state index contributed by atoms with van der Waals surface area (Å²) in [4.78, 5) is 14.7. The molecule has 1 rings (SSSR count). The Hall–Kier alpha value is -0.570. The number of hydrogen-bond donors (Lipinski definition) is 1. The first-order chi connectivity index (χ1) is 8.00. The molecule has 0 saturated carbocycles. The van der Waals surface area contributed by atoms with Gasteiger partial charge in [-0.15, -0.1) is 0 Å². The molecule has 0 aliphatic carbocycles. The summed E-state index contributed by atoms with van der Waals surface area (Å²) in [5.41, 5.74) is 5.53. The van der Waals surface area contributed by atoms with E-state index >= 15 is 0 Å². The van der Waals surface area contributed by atoms with E-state index in [4.69, 9.17) is 5.73 Å². The van der Waals surface area contributed by atoms with Crippen LogP contribution in [0.5, 0.6) is 0 Å². The van der Waals surface area contributed by atoms with Crippen LogP contribution in [0.1, 0.15) is 47.0 Å². The largest absolute Gasteiger partial charge is 0.342 e. The number of piperidine rings is 1. The molecule has 100 valence electrons. The normalized spacial score (nSPS) is 26.1. The number of carbonyl (C=O) groups excluding carboxylic acids is 1. The van der Waals surface area contributed by atoms with Crippen LogP contribution in [0.25, 0.3) is 0 Å². The summed E-state index contributed by atoms with van der Waals surface area (Å²) in [7, 11) is 0. The molecule has 1 aliphatic rings. The summed E-state index contributed by atoms with van der Waals surface area (Å²) in [5, 5.41) is 0. The fourth-order valence-corrected chi connectivity index (χ4v) is 2.71. The second-order valence-electron chi connectivity index (χ2n) is 5.69. The monoisotopic (exact) mass is 240 g/mol. The number of hydrogen-bond acceptors (Lipinski definition) is 2. The number of rotatable bonds is 4. The lowest BCUT2D eigenvalue weighted by Crippen LogP contribution is -2.51. The molecular formula is C14H28N2O. The molecule has 0 aromatic carbocycles. The zero-order valence-electron chi connectivity index (χ0n) is 11.8. The highest BCUT2D eigenvalue weighted by atomic mass is 16.2. The first-order valence-corrected chi connectivity index (χ1v) is 7.00. The second-order valence-corrected chi connectivity index (χ2v) is 5.69. The molecule has 1 fully saturated rings. The van der Waals surface area contributed by atoms with Crippen LogP contribution in [0.3, 0.4) is 0 Å². The minimum absolute atomic E-state index is 0.281. The maximum Gasteiger partial charge on any atom is 0.230 e. The van der Waals surface area contributed by atoms with Crippen molar-refractivity contribution < 1.29 is 4.79 Å². The number of likely N-dealkylation sites (tertiary alicyclic amines) is 1. The average molecular weight is 240 g/mol. The molecule has 3 heteroatoms.